The van der Waals surface area contributed by atoms with Crippen LogP contribution in [0, 0.1) is 63.6 Å². The molecule has 3 heterocycles. The Balaban J connectivity index is 1.36. The minimum absolute atomic E-state index is 0.0774. The molecule has 5 saturated carbocycles. The van der Waals surface area contributed by atoms with Crippen LogP contribution < -0.4 is 0 Å². The smallest absolute Gasteiger partial charge is 0.303 e. The first kappa shape index (κ1) is 31.2. The van der Waals surface area contributed by atoms with Gasteiger partial charge in [-0.25, -0.2) is 0 Å². The summed E-state index contributed by atoms with van der Waals surface area (Å²) in [6.07, 6.45) is -3.68. The highest BCUT2D eigenvalue weighted by Gasteiger charge is 2.91. The van der Waals surface area contributed by atoms with Gasteiger partial charge >= 0.3 is 11.9 Å². The number of methoxy groups -OCH3 is 1. The third-order valence-corrected chi connectivity index (χ3v) is 15.2. The largest absolute Gasteiger partial charge is 0.462 e. The Morgan fingerprint density at radius 2 is 1.57 bits per heavy atom. The molecule has 0 bridgehead atoms. The predicted molar refractivity (Wildman–Crippen MR) is 158 cm³/mol. The fourth-order valence-electron chi connectivity index (χ4n) is 13.5. The number of carbonyl (C=O) groups is 3. The molecule has 3 aliphatic heterocycles. The summed E-state index contributed by atoms with van der Waals surface area (Å²) in [4.78, 5) is 40.2. The lowest BCUT2D eigenvalue weighted by Crippen LogP contribution is -2.72. The quantitative estimate of drug-likeness (QED) is 0.344. The van der Waals surface area contributed by atoms with E-state index in [1.165, 1.54) is 13.8 Å². The Hall–Kier alpha value is -2.05. The Kier molecular flexibility index (Phi) is 6.07. The molecule has 5 aliphatic carbocycles. The van der Waals surface area contributed by atoms with E-state index in [-0.39, 0.29) is 53.5 Å². The van der Waals surface area contributed by atoms with Crippen LogP contribution in [0.4, 0.5) is 0 Å². The molecule has 0 amide bonds. The van der Waals surface area contributed by atoms with E-state index in [0.29, 0.717) is 6.42 Å². The topological polar surface area (TPSA) is 154 Å². The van der Waals surface area contributed by atoms with Crippen molar-refractivity contribution in [3.8, 4) is 0 Å². The van der Waals surface area contributed by atoms with E-state index < -0.39 is 87.7 Å². The Morgan fingerprint density at radius 3 is 2.17 bits per heavy atom. The van der Waals surface area contributed by atoms with E-state index in [0.717, 1.165) is 0 Å². The van der Waals surface area contributed by atoms with Crippen LogP contribution in [-0.2, 0) is 42.8 Å². The number of esters is 2. The summed E-state index contributed by atoms with van der Waals surface area (Å²) in [5.41, 5.74) is -4.39. The van der Waals surface area contributed by atoms with Crippen molar-refractivity contribution < 1.29 is 53.0 Å². The van der Waals surface area contributed by atoms with Gasteiger partial charge in [0.25, 0.3) is 0 Å². The molecule has 11 nitrogen and oxygen atoms in total. The average molecular weight is 645 g/mol. The maximum atomic E-state index is 14.7. The highest BCUT2D eigenvalue weighted by molar-refractivity contribution is 5.88. The molecule has 0 unspecified atom stereocenters. The molecule has 0 aromatic heterocycles. The summed E-state index contributed by atoms with van der Waals surface area (Å²) in [5.74, 6) is -5.25. The summed E-state index contributed by atoms with van der Waals surface area (Å²) in [6.45, 7) is 18.7. The number of aliphatic hydroxyl groups excluding tert-OH is 1. The standard InChI is InChI=1S/C35H48O11/c1-12-20-19(27(41-10)24(38)17-11-18-26(44-18)30(31(17,20)6)43-16(5)37)22-25(39)23-21(32(22,7)28(12)42-15(4)36)13(2)29-35(46-29)33(23,8)34(9,40)14(3)45-35/h12-13,17-23,25-30,39-40H,3,11H2,1-2,4-10H3/t12-,13-,17+,18-,19+,20-,21-,22+,23-,25+,26-,27+,28-,29+,30-,31-,32+,33-,34+,35+/m0/s1. The van der Waals surface area contributed by atoms with Crippen LogP contribution in [0.3, 0.4) is 0 Å². The number of carbonyl (C=O) groups excluding carboxylic acids is 3. The van der Waals surface area contributed by atoms with Crippen LogP contribution in [0.5, 0.6) is 0 Å². The van der Waals surface area contributed by atoms with Gasteiger partial charge in [-0.1, -0.05) is 34.3 Å². The number of hydrogen-bond donors (Lipinski definition) is 2. The van der Waals surface area contributed by atoms with E-state index in [2.05, 4.69) is 27.4 Å². The fraction of sp³-hybridized carbons (Fsp3) is 0.857. The number of hydrogen-bond acceptors (Lipinski definition) is 11. The molecule has 8 fully saturated rings. The van der Waals surface area contributed by atoms with Crippen LogP contribution in [0.2, 0.25) is 0 Å². The lowest BCUT2D eigenvalue weighted by atomic mass is 9.39. The first-order valence-electron chi connectivity index (χ1n) is 16.9. The van der Waals surface area contributed by atoms with Crippen LogP contribution in [-0.4, -0.2) is 89.2 Å². The maximum Gasteiger partial charge on any atom is 0.303 e. The number of fused-ring (bicyclic) bond motifs is 9. The summed E-state index contributed by atoms with van der Waals surface area (Å²) >= 11 is 0. The van der Waals surface area contributed by atoms with Crippen molar-refractivity contribution in [1.29, 1.82) is 0 Å². The Morgan fingerprint density at radius 1 is 0.935 bits per heavy atom. The SMILES string of the molecule is C=C1O[C@@]23O[C@@H]2[C@@H](C)[C@H]2[C@@H]([C@H](O)[C@H]4[C@H]5[C@H]([C@H](C)[C@H](OC(C)=O)[C@@]42C)[C@]2(C)[C@H](C[C@@H]4O[C@@H]4[C@@H]2OC(C)=O)C(=O)[C@@H]5OC)[C@@]3(C)[C@]1(C)O. The van der Waals surface area contributed by atoms with Crippen LogP contribution in [0.25, 0.3) is 0 Å². The van der Waals surface area contributed by atoms with E-state index in [1.807, 2.05) is 13.8 Å². The minimum atomic E-state index is -1.54. The molecule has 254 valence electrons. The predicted octanol–water partition coefficient (Wildman–Crippen LogP) is 2.40. The van der Waals surface area contributed by atoms with Crippen LogP contribution in [0.15, 0.2) is 12.3 Å². The van der Waals surface area contributed by atoms with E-state index >= 15 is 0 Å². The molecule has 0 radical (unpaired) electrons. The van der Waals surface area contributed by atoms with Crippen LogP contribution in [0.1, 0.15) is 61.8 Å². The first-order chi connectivity index (χ1) is 21.4. The average Bonchev–Trinajstić information content (AvgIpc) is 3.86. The molecule has 2 N–H and O–H groups in total. The zero-order valence-corrected chi connectivity index (χ0v) is 28.1. The second kappa shape index (κ2) is 8.94. The van der Waals surface area contributed by atoms with Gasteiger partial charge in [-0.3, -0.25) is 14.4 Å². The number of epoxide rings is 2. The van der Waals surface area contributed by atoms with Gasteiger partial charge < -0.3 is 38.6 Å². The van der Waals surface area contributed by atoms with Gasteiger partial charge in [-0.15, -0.1) is 0 Å². The lowest BCUT2D eigenvalue weighted by molar-refractivity contribution is -0.254. The van der Waals surface area contributed by atoms with Crippen LogP contribution >= 0.6 is 0 Å². The summed E-state index contributed by atoms with van der Waals surface area (Å²) in [6, 6.07) is 0. The number of aliphatic hydroxyl groups is 2. The van der Waals surface area contributed by atoms with E-state index in [4.69, 9.17) is 28.4 Å². The van der Waals surface area contributed by atoms with Gasteiger partial charge in [0.05, 0.1) is 17.6 Å². The van der Waals surface area contributed by atoms with Gasteiger partial charge in [0, 0.05) is 55.5 Å². The normalized spacial score (nSPS) is 61.8. The molecular formula is C35H48O11. The fourth-order valence-corrected chi connectivity index (χ4v) is 13.5. The molecule has 1 spiro atoms. The zero-order valence-electron chi connectivity index (χ0n) is 28.1. The molecule has 8 aliphatic rings. The number of ketones is 1. The summed E-state index contributed by atoms with van der Waals surface area (Å²) in [5, 5.41) is 25.0. The second-order valence-electron chi connectivity index (χ2n) is 16.7. The van der Waals surface area contributed by atoms with Crippen molar-refractivity contribution >= 4 is 17.7 Å². The van der Waals surface area contributed by atoms with Crippen molar-refractivity contribution in [2.45, 2.75) is 116 Å². The molecule has 0 aromatic rings. The molecule has 0 aromatic carbocycles. The van der Waals surface area contributed by atoms with Crippen molar-refractivity contribution in [2.75, 3.05) is 7.11 Å². The molecule has 3 saturated heterocycles. The van der Waals surface area contributed by atoms with Crippen molar-refractivity contribution in [3.05, 3.63) is 12.3 Å². The third-order valence-electron chi connectivity index (χ3n) is 15.2. The highest BCUT2D eigenvalue weighted by Crippen LogP contribution is 2.82. The van der Waals surface area contributed by atoms with Crippen molar-refractivity contribution in [3.63, 3.8) is 0 Å². The number of rotatable bonds is 3. The van der Waals surface area contributed by atoms with Crippen molar-refractivity contribution in [2.24, 2.45) is 63.6 Å². The van der Waals surface area contributed by atoms with Gasteiger partial charge in [0.15, 0.2) is 5.78 Å². The molecule has 20 atom stereocenters. The van der Waals surface area contributed by atoms with Gasteiger partial charge in [-0.05, 0) is 43.9 Å². The summed E-state index contributed by atoms with van der Waals surface area (Å²) in [7, 11) is 1.54. The number of ether oxygens (including phenoxy) is 6. The zero-order chi connectivity index (χ0) is 33.4. The second-order valence-corrected chi connectivity index (χ2v) is 16.7. The van der Waals surface area contributed by atoms with E-state index in [9.17, 15) is 24.6 Å². The van der Waals surface area contributed by atoms with Crippen molar-refractivity contribution in [1.82, 2.24) is 0 Å². The minimum Gasteiger partial charge on any atom is -0.462 e. The monoisotopic (exact) mass is 644 g/mol. The number of Topliss-reactive ketones (excluding diaryl/α,β-unsaturated/α-hetero) is 1. The van der Waals surface area contributed by atoms with E-state index in [1.54, 1.807) is 14.0 Å². The third kappa shape index (κ3) is 3.13. The Labute approximate surface area is 269 Å². The molecule has 11 heteroatoms. The van der Waals surface area contributed by atoms with Gasteiger partial charge in [-0.2, -0.15) is 0 Å². The highest BCUT2D eigenvalue weighted by atomic mass is 16.8. The first-order valence-corrected chi connectivity index (χ1v) is 16.9. The lowest BCUT2D eigenvalue weighted by Gasteiger charge is -2.66. The molecule has 46 heavy (non-hydrogen) atoms. The molecule has 8 rings (SSSR count). The summed E-state index contributed by atoms with van der Waals surface area (Å²) < 4.78 is 37.3. The molecular weight excluding hydrogens is 596 g/mol. The maximum absolute atomic E-state index is 14.7. The van der Waals surface area contributed by atoms with Gasteiger partial charge in [0.1, 0.15) is 41.9 Å². The Bertz CT molecular complexity index is 1440. The van der Waals surface area contributed by atoms with Gasteiger partial charge in [0.2, 0.25) is 5.79 Å².